The highest BCUT2D eigenvalue weighted by atomic mass is 35.5. The number of rotatable bonds is 3. The Balaban J connectivity index is 3.17. The van der Waals surface area contributed by atoms with Gasteiger partial charge >= 0.3 is 5.97 Å². The summed E-state index contributed by atoms with van der Waals surface area (Å²) < 4.78 is 1.35. The van der Waals surface area contributed by atoms with E-state index in [9.17, 15) is 4.79 Å². The number of aryl methyl sites for hydroxylation is 1. The Morgan fingerprint density at radius 2 is 2.29 bits per heavy atom. The van der Waals surface area contributed by atoms with Gasteiger partial charge in [-0.05, 0) is 13.8 Å². The molecular formula is C8H12ClN3O2. The third kappa shape index (κ3) is 1.73. The van der Waals surface area contributed by atoms with Gasteiger partial charge in [0.2, 0.25) is 0 Å². The van der Waals surface area contributed by atoms with Crippen molar-refractivity contribution in [2.75, 3.05) is 6.54 Å². The zero-order chi connectivity index (χ0) is 10.9. The van der Waals surface area contributed by atoms with Crippen LogP contribution in [0.4, 0.5) is 0 Å². The van der Waals surface area contributed by atoms with Gasteiger partial charge in [-0.1, -0.05) is 11.6 Å². The molecule has 0 aliphatic rings. The van der Waals surface area contributed by atoms with E-state index in [1.165, 1.54) is 4.68 Å². The van der Waals surface area contributed by atoms with Crippen LogP contribution in [0, 0.1) is 13.8 Å². The van der Waals surface area contributed by atoms with Gasteiger partial charge in [-0.25, -0.2) is 4.79 Å². The first kappa shape index (κ1) is 11.0. The fourth-order valence-corrected chi connectivity index (χ4v) is 1.38. The van der Waals surface area contributed by atoms with Gasteiger partial charge in [0, 0.05) is 6.54 Å². The Labute approximate surface area is 86.5 Å². The molecule has 1 rings (SSSR count). The van der Waals surface area contributed by atoms with Crippen molar-refractivity contribution in [3.63, 3.8) is 0 Å². The van der Waals surface area contributed by atoms with Crippen LogP contribution < -0.4 is 5.73 Å². The van der Waals surface area contributed by atoms with Crippen LogP contribution in [0.3, 0.4) is 0 Å². The second-order valence-corrected chi connectivity index (χ2v) is 3.40. The third-order valence-corrected chi connectivity index (χ3v) is 2.59. The lowest BCUT2D eigenvalue weighted by Crippen LogP contribution is -2.28. The fraction of sp³-hybridized carbons (Fsp3) is 0.500. The van der Waals surface area contributed by atoms with Crippen LogP contribution in [0.15, 0.2) is 0 Å². The van der Waals surface area contributed by atoms with E-state index in [1.54, 1.807) is 13.8 Å². The predicted molar refractivity (Wildman–Crippen MR) is 52.4 cm³/mol. The first-order valence-electron chi connectivity index (χ1n) is 4.13. The smallest absolute Gasteiger partial charge is 0.329 e. The molecule has 14 heavy (non-hydrogen) atoms. The van der Waals surface area contributed by atoms with Crippen LogP contribution in [0.2, 0.25) is 5.02 Å². The molecule has 0 spiro atoms. The number of hydrogen-bond donors (Lipinski definition) is 2. The fourth-order valence-electron chi connectivity index (χ4n) is 1.25. The van der Waals surface area contributed by atoms with E-state index in [2.05, 4.69) is 5.10 Å². The van der Waals surface area contributed by atoms with Gasteiger partial charge in [-0.2, -0.15) is 5.10 Å². The molecule has 0 saturated carbocycles. The Hall–Kier alpha value is -1.07. The summed E-state index contributed by atoms with van der Waals surface area (Å²) >= 11 is 5.89. The topological polar surface area (TPSA) is 81.1 Å². The lowest BCUT2D eigenvalue weighted by Gasteiger charge is -2.11. The number of aromatic nitrogens is 2. The lowest BCUT2D eigenvalue weighted by molar-refractivity contribution is -0.140. The lowest BCUT2D eigenvalue weighted by atomic mass is 10.3. The molecule has 0 amide bonds. The van der Waals surface area contributed by atoms with E-state index >= 15 is 0 Å². The van der Waals surface area contributed by atoms with Crippen LogP contribution >= 0.6 is 11.6 Å². The number of aliphatic carboxylic acids is 1. The summed E-state index contributed by atoms with van der Waals surface area (Å²) in [5.74, 6) is -1.00. The molecule has 0 saturated heterocycles. The van der Waals surface area contributed by atoms with Crippen molar-refractivity contribution in [2.45, 2.75) is 19.9 Å². The van der Waals surface area contributed by atoms with E-state index < -0.39 is 12.0 Å². The summed E-state index contributed by atoms with van der Waals surface area (Å²) in [6.45, 7) is 3.43. The number of halogens is 1. The van der Waals surface area contributed by atoms with Crippen molar-refractivity contribution in [1.82, 2.24) is 9.78 Å². The van der Waals surface area contributed by atoms with Crippen molar-refractivity contribution >= 4 is 17.6 Å². The van der Waals surface area contributed by atoms with Crippen LogP contribution in [-0.2, 0) is 4.79 Å². The van der Waals surface area contributed by atoms with Gasteiger partial charge in [0.05, 0.1) is 16.4 Å². The second-order valence-electron chi connectivity index (χ2n) is 3.02. The first-order chi connectivity index (χ1) is 6.49. The molecule has 1 aromatic rings. The molecule has 0 aliphatic heterocycles. The third-order valence-electron chi connectivity index (χ3n) is 2.04. The van der Waals surface area contributed by atoms with Gasteiger partial charge < -0.3 is 10.8 Å². The van der Waals surface area contributed by atoms with Crippen molar-refractivity contribution < 1.29 is 9.90 Å². The number of hydrogen-bond acceptors (Lipinski definition) is 3. The minimum absolute atomic E-state index is 0.00633. The first-order valence-corrected chi connectivity index (χ1v) is 4.51. The SMILES string of the molecule is Cc1nn(C(CN)C(=O)O)c(C)c1Cl. The van der Waals surface area contributed by atoms with E-state index in [0.29, 0.717) is 16.4 Å². The molecule has 0 fully saturated rings. The number of carboxylic acid groups (broad SMARTS) is 1. The van der Waals surface area contributed by atoms with Crippen molar-refractivity contribution in [1.29, 1.82) is 0 Å². The molecule has 78 valence electrons. The van der Waals surface area contributed by atoms with E-state index in [1.807, 2.05) is 0 Å². The number of carboxylic acids is 1. The molecule has 0 aliphatic carbocycles. The molecule has 3 N–H and O–H groups in total. The van der Waals surface area contributed by atoms with Gasteiger partial charge in [-0.3, -0.25) is 4.68 Å². The summed E-state index contributed by atoms with van der Waals surface area (Å²) in [6.07, 6.45) is 0. The standard InChI is InChI=1S/C8H12ClN3O2/c1-4-7(9)5(2)12(11-4)6(3-10)8(13)14/h6H,3,10H2,1-2H3,(H,13,14). The Kier molecular flexibility index (Phi) is 3.13. The molecule has 5 nitrogen and oxygen atoms in total. The number of nitrogens with zero attached hydrogens (tertiary/aromatic N) is 2. The Bertz CT molecular complexity index is 362. The average molecular weight is 218 g/mol. The molecule has 1 aromatic heterocycles. The van der Waals surface area contributed by atoms with Gasteiger partial charge in [0.15, 0.2) is 6.04 Å². The quantitative estimate of drug-likeness (QED) is 0.783. The van der Waals surface area contributed by atoms with Gasteiger partial charge in [0.1, 0.15) is 0 Å². The normalized spacial score (nSPS) is 12.9. The van der Waals surface area contributed by atoms with Crippen molar-refractivity contribution in [3.8, 4) is 0 Å². The van der Waals surface area contributed by atoms with E-state index in [0.717, 1.165) is 0 Å². The van der Waals surface area contributed by atoms with Gasteiger partial charge in [-0.15, -0.1) is 0 Å². The molecule has 1 unspecified atom stereocenters. The highest BCUT2D eigenvalue weighted by molar-refractivity contribution is 6.31. The van der Waals surface area contributed by atoms with Gasteiger partial charge in [0.25, 0.3) is 0 Å². The molecule has 1 atom stereocenters. The Morgan fingerprint density at radius 3 is 2.57 bits per heavy atom. The zero-order valence-electron chi connectivity index (χ0n) is 7.99. The largest absolute Gasteiger partial charge is 0.480 e. The highest BCUT2D eigenvalue weighted by Crippen LogP contribution is 2.21. The minimum Gasteiger partial charge on any atom is -0.480 e. The minimum atomic E-state index is -1.00. The molecule has 0 bridgehead atoms. The van der Waals surface area contributed by atoms with Crippen LogP contribution in [-0.4, -0.2) is 27.4 Å². The maximum Gasteiger partial charge on any atom is 0.329 e. The summed E-state index contributed by atoms with van der Waals surface area (Å²) in [7, 11) is 0. The average Bonchev–Trinajstić information content (AvgIpc) is 2.35. The summed E-state index contributed by atoms with van der Waals surface area (Å²) in [5.41, 5.74) is 6.59. The molecule has 1 heterocycles. The Morgan fingerprint density at radius 1 is 1.71 bits per heavy atom. The van der Waals surface area contributed by atoms with Crippen LogP contribution in [0.1, 0.15) is 17.4 Å². The number of nitrogens with two attached hydrogens (primary N) is 1. The van der Waals surface area contributed by atoms with Crippen LogP contribution in [0.5, 0.6) is 0 Å². The molecular weight excluding hydrogens is 206 g/mol. The molecule has 6 heteroatoms. The van der Waals surface area contributed by atoms with E-state index in [-0.39, 0.29) is 6.54 Å². The predicted octanol–water partition coefficient (Wildman–Crippen LogP) is 0.738. The second kappa shape index (κ2) is 3.98. The number of carbonyl (C=O) groups is 1. The van der Waals surface area contributed by atoms with Crippen molar-refractivity contribution in [3.05, 3.63) is 16.4 Å². The molecule has 0 aromatic carbocycles. The maximum absolute atomic E-state index is 10.8. The van der Waals surface area contributed by atoms with E-state index in [4.69, 9.17) is 22.4 Å². The summed E-state index contributed by atoms with van der Waals surface area (Å²) in [4.78, 5) is 10.8. The molecule has 0 radical (unpaired) electrons. The zero-order valence-corrected chi connectivity index (χ0v) is 8.75. The summed E-state index contributed by atoms with van der Waals surface area (Å²) in [6, 6.07) is -0.846. The summed E-state index contributed by atoms with van der Waals surface area (Å²) in [5, 5.41) is 13.4. The monoisotopic (exact) mass is 217 g/mol. The maximum atomic E-state index is 10.8. The van der Waals surface area contributed by atoms with Crippen molar-refractivity contribution in [2.24, 2.45) is 5.73 Å². The highest BCUT2D eigenvalue weighted by Gasteiger charge is 2.22. The van der Waals surface area contributed by atoms with Crippen LogP contribution in [0.25, 0.3) is 0 Å².